The number of anilines is 2. The highest BCUT2D eigenvalue weighted by molar-refractivity contribution is 9.10. The molecule has 0 spiro atoms. The summed E-state index contributed by atoms with van der Waals surface area (Å²) in [4.78, 5) is 12.3. The number of halogens is 3. The second kappa shape index (κ2) is 8.11. The molecule has 0 saturated heterocycles. The first-order chi connectivity index (χ1) is 12.7. The Morgan fingerprint density at radius 3 is 2.59 bits per heavy atom. The Labute approximate surface area is 176 Å². The summed E-state index contributed by atoms with van der Waals surface area (Å²) in [6, 6.07) is 11.0. The Morgan fingerprint density at radius 2 is 1.89 bits per heavy atom. The molecule has 0 unspecified atom stereocenters. The first kappa shape index (κ1) is 20.0. The predicted molar refractivity (Wildman–Crippen MR) is 109 cm³/mol. The third-order valence-corrected chi connectivity index (χ3v) is 6.74. The van der Waals surface area contributed by atoms with Gasteiger partial charge in [-0.15, -0.1) is 10.2 Å². The molecule has 0 radical (unpaired) electrons. The molecule has 0 atom stereocenters. The zero-order valence-corrected chi connectivity index (χ0v) is 17.8. The van der Waals surface area contributed by atoms with Crippen LogP contribution in [0.4, 0.5) is 10.8 Å². The van der Waals surface area contributed by atoms with Gasteiger partial charge in [-0.3, -0.25) is 14.8 Å². The molecule has 1 aromatic heterocycles. The maximum absolute atomic E-state index is 12.4. The van der Waals surface area contributed by atoms with Crippen LogP contribution in [0.25, 0.3) is 0 Å². The first-order valence-corrected chi connectivity index (χ1v) is 11.0. The summed E-state index contributed by atoms with van der Waals surface area (Å²) in [6.07, 6.45) is 0. The van der Waals surface area contributed by atoms with Gasteiger partial charge in [0.15, 0.2) is 0 Å². The van der Waals surface area contributed by atoms with Gasteiger partial charge in [0.05, 0.1) is 16.3 Å². The van der Waals surface area contributed by atoms with Gasteiger partial charge in [0.1, 0.15) is 0 Å². The van der Waals surface area contributed by atoms with Crippen LogP contribution in [0.15, 0.2) is 51.3 Å². The zero-order chi connectivity index (χ0) is 19.6. The largest absolute Gasteiger partial charge is 0.296 e. The minimum atomic E-state index is -3.94. The monoisotopic (exact) mass is 506 g/mol. The van der Waals surface area contributed by atoms with Crippen LogP contribution < -0.4 is 10.0 Å². The van der Waals surface area contributed by atoms with Crippen LogP contribution in [0.1, 0.15) is 10.4 Å². The number of rotatable bonds is 5. The van der Waals surface area contributed by atoms with Crippen molar-refractivity contribution in [1.82, 2.24) is 10.2 Å². The van der Waals surface area contributed by atoms with Gasteiger partial charge in [-0.25, -0.2) is 0 Å². The molecule has 0 bridgehead atoms. The molecule has 27 heavy (non-hydrogen) atoms. The van der Waals surface area contributed by atoms with E-state index in [9.17, 15) is 13.2 Å². The lowest BCUT2D eigenvalue weighted by atomic mass is 10.2. The van der Waals surface area contributed by atoms with Crippen molar-refractivity contribution in [3.05, 3.63) is 62.5 Å². The Hall–Kier alpha value is -1.72. The fourth-order valence-corrected chi connectivity index (χ4v) is 4.80. The second-order valence-corrected chi connectivity index (χ2v) is 9.66. The van der Waals surface area contributed by atoms with Crippen LogP contribution in [0.2, 0.25) is 10.0 Å². The average Bonchev–Trinajstić information content (AvgIpc) is 3.03. The Kier molecular flexibility index (Phi) is 6.02. The number of nitrogens with zero attached hydrogens (tertiary/aromatic N) is 2. The standard InChI is InChI=1S/C15H9BrCl2N4O3S2/c16-8-2-1-3-10(6-8)22-27(24,25)15-21-20-14(26-15)19-13(23)11-5-4-9(17)7-12(11)18/h1-7,22H,(H,19,20,23). The molecule has 0 aliphatic carbocycles. The van der Waals surface area contributed by atoms with Gasteiger partial charge in [0.2, 0.25) is 5.13 Å². The normalized spacial score (nSPS) is 11.2. The van der Waals surface area contributed by atoms with Crippen LogP contribution in [0, 0.1) is 0 Å². The van der Waals surface area contributed by atoms with Gasteiger partial charge in [-0.05, 0) is 36.4 Å². The van der Waals surface area contributed by atoms with E-state index in [4.69, 9.17) is 23.2 Å². The van der Waals surface area contributed by atoms with Crippen molar-refractivity contribution in [3.8, 4) is 0 Å². The van der Waals surface area contributed by atoms with Crippen molar-refractivity contribution in [2.24, 2.45) is 0 Å². The van der Waals surface area contributed by atoms with E-state index in [0.717, 1.165) is 0 Å². The minimum Gasteiger partial charge on any atom is -0.296 e. The summed E-state index contributed by atoms with van der Waals surface area (Å²) >= 11 is 15.8. The van der Waals surface area contributed by atoms with Crippen LogP contribution in [-0.4, -0.2) is 24.5 Å². The first-order valence-electron chi connectivity index (χ1n) is 7.13. The Balaban J connectivity index is 1.76. The highest BCUT2D eigenvalue weighted by Crippen LogP contribution is 2.26. The lowest BCUT2D eigenvalue weighted by Crippen LogP contribution is -2.12. The molecule has 0 aliphatic rings. The molecule has 0 saturated carbocycles. The molecule has 0 aliphatic heterocycles. The van der Waals surface area contributed by atoms with Crippen LogP contribution in [0.5, 0.6) is 0 Å². The lowest BCUT2D eigenvalue weighted by molar-refractivity contribution is 0.102. The van der Waals surface area contributed by atoms with E-state index >= 15 is 0 Å². The smallest absolute Gasteiger partial charge is 0.291 e. The average molecular weight is 508 g/mol. The molecule has 140 valence electrons. The summed E-state index contributed by atoms with van der Waals surface area (Å²) in [5, 5.41) is 10.3. The molecule has 3 aromatic rings. The van der Waals surface area contributed by atoms with Crippen molar-refractivity contribution in [1.29, 1.82) is 0 Å². The second-order valence-electron chi connectivity index (χ2n) is 5.07. The number of sulfonamides is 1. The third kappa shape index (κ3) is 4.96. The summed E-state index contributed by atoms with van der Waals surface area (Å²) in [6.45, 7) is 0. The molecule has 0 fully saturated rings. The van der Waals surface area contributed by atoms with Crippen molar-refractivity contribution in [2.45, 2.75) is 4.34 Å². The van der Waals surface area contributed by atoms with E-state index in [1.165, 1.54) is 18.2 Å². The summed E-state index contributed by atoms with van der Waals surface area (Å²) in [5.74, 6) is -0.559. The molecule has 2 N–H and O–H groups in total. The quantitative estimate of drug-likeness (QED) is 0.489. The Bertz CT molecular complexity index is 1120. The van der Waals surface area contributed by atoms with E-state index < -0.39 is 15.9 Å². The minimum absolute atomic E-state index is 0.0145. The van der Waals surface area contributed by atoms with Gasteiger partial charge in [0, 0.05) is 9.50 Å². The number of benzene rings is 2. The molecule has 12 heteroatoms. The number of hydrogen-bond donors (Lipinski definition) is 2. The van der Waals surface area contributed by atoms with Crippen LogP contribution >= 0.6 is 50.5 Å². The molecule has 1 amide bonds. The molecular formula is C15H9BrCl2N4O3S2. The van der Waals surface area contributed by atoms with E-state index in [0.29, 0.717) is 26.5 Å². The van der Waals surface area contributed by atoms with Crippen molar-refractivity contribution in [2.75, 3.05) is 10.0 Å². The number of nitrogens with one attached hydrogen (secondary N) is 2. The van der Waals surface area contributed by atoms with Crippen molar-refractivity contribution in [3.63, 3.8) is 0 Å². The highest BCUT2D eigenvalue weighted by atomic mass is 79.9. The molecule has 3 rings (SSSR count). The fraction of sp³-hybridized carbons (Fsp3) is 0. The van der Waals surface area contributed by atoms with E-state index in [-0.39, 0.29) is 20.1 Å². The molecular weight excluding hydrogens is 499 g/mol. The maximum Gasteiger partial charge on any atom is 0.291 e. The van der Waals surface area contributed by atoms with E-state index in [2.05, 4.69) is 36.2 Å². The van der Waals surface area contributed by atoms with Gasteiger partial charge >= 0.3 is 0 Å². The summed E-state index contributed by atoms with van der Waals surface area (Å²) in [7, 11) is -3.94. The number of carbonyl (C=O) groups is 1. The highest BCUT2D eigenvalue weighted by Gasteiger charge is 2.22. The van der Waals surface area contributed by atoms with Gasteiger partial charge in [0.25, 0.3) is 20.3 Å². The SMILES string of the molecule is O=C(Nc1nnc(S(=O)(=O)Nc2cccc(Br)c2)s1)c1ccc(Cl)cc1Cl. The van der Waals surface area contributed by atoms with Gasteiger partial charge < -0.3 is 0 Å². The van der Waals surface area contributed by atoms with E-state index in [1.54, 1.807) is 24.3 Å². The summed E-state index contributed by atoms with van der Waals surface area (Å²) < 4.78 is 27.6. The molecule has 2 aromatic carbocycles. The van der Waals surface area contributed by atoms with Crippen molar-refractivity contribution >= 4 is 77.2 Å². The number of amides is 1. The summed E-state index contributed by atoms with van der Waals surface area (Å²) in [5.41, 5.74) is 0.533. The number of aromatic nitrogens is 2. The zero-order valence-electron chi connectivity index (χ0n) is 13.1. The lowest BCUT2D eigenvalue weighted by Gasteiger charge is -2.05. The predicted octanol–water partition coefficient (Wildman–Crippen LogP) is 4.66. The van der Waals surface area contributed by atoms with Gasteiger partial charge in [-0.1, -0.05) is 56.5 Å². The number of carbonyl (C=O) groups excluding carboxylic acids is 1. The number of hydrogen-bond acceptors (Lipinski definition) is 6. The van der Waals surface area contributed by atoms with Crippen LogP contribution in [-0.2, 0) is 10.0 Å². The van der Waals surface area contributed by atoms with Gasteiger partial charge in [-0.2, -0.15) is 8.42 Å². The molecule has 7 nitrogen and oxygen atoms in total. The van der Waals surface area contributed by atoms with E-state index in [1.807, 2.05) is 0 Å². The maximum atomic E-state index is 12.4. The third-order valence-electron chi connectivity index (χ3n) is 3.11. The fourth-order valence-electron chi connectivity index (χ4n) is 1.96. The van der Waals surface area contributed by atoms with Crippen molar-refractivity contribution < 1.29 is 13.2 Å². The molecule has 1 heterocycles. The topological polar surface area (TPSA) is 101 Å². The Morgan fingerprint density at radius 1 is 1.11 bits per heavy atom. The van der Waals surface area contributed by atoms with Crippen LogP contribution in [0.3, 0.4) is 0 Å².